The lowest BCUT2D eigenvalue weighted by molar-refractivity contribution is -0.116. The number of benzene rings is 1. The molecule has 1 aromatic carbocycles. The molecule has 0 aliphatic heterocycles. The van der Waals surface area contributed by atoms with Gasteiger partial charge in [-0.2, -0.15) is 4.98 Å². The van der Waals surface area contributed by atoms with E-state index in [4.69, 9.17) is 0 Å². The number of para-hydroxylation sites is 1. The first-order chi connectivity index (χ1) is 12.9. The van der Waals surface area contributed by atoms with Crippen molar-refractivity contribution >= 4 is 34.9 Å². The van der Waals surface area contributed by atoms with Gasteiger partial charge in [0.1, 0.15) is 0 Å². The topological polar surface area (TPSA) is 89.2 Å². The first-order valence-electron chi connectivity index (χ1n) is 8.57. The van der Waals surface area contributed by atoms with Crippen molar-refractivity contribution in [3.63, 3.8) is 0 Å². The van der Waals surface area contributed by atoms with Crippen molar-refractivity contribution in [1.29, 1.82) is 0 Å². The van der Waals surface area contributed by atoms with Gasteiger partial charge in [0.2, 0.25) is 11.1 Å². The van der Waals surface area contributed by atoms with Gasteiger partial charge in [-0.05, 0) is 51.1 Å². The van der Waals surface area contributed by atoms with Crippen LogP contribution in [0, 0.1) is 13.8 Å². The minimum atomic E-state index is -0.147. The second-order valence-electron chi connectivity index (χ2n) is 6.22. The SMILES string of the molecule is CSc1nc2nc(C)c(CCC(=O)Nc3ccccc3C(C)=O)c(C)n2n1. The Morgan fingerprint density at radius 1 is 1.19 bits per heavy atom. The highest BCUT2D eigenvalue weighted by atomic mass is 32.2. The average molecular weight is 383 g/mol. The van der Waals surface area contributed by atoms with Gasteiger partial charge in [0.25, 0.3) is 5.78 Å². The number of carbonyl (C=O) groups is 2. The number of aryl methyl sites for hydroxylation is 2. The van der Waals surface area contributed by atoms with Gasteiger partial charge < -0.3 is 5.32 Å². The molecule has 0 saturated heterocycles. The number of fused-ring (bicyclic) bond motifs is 1. The Labute approximate surface area is 161 Å². The van der Waals surface area contributed by atoms with Crippen LogP contribution in [0.2, 0.25) is 0 Å². The van der Waals surface area contributed by atoms with Crippen LogP contribution in [0.5, 0.6) is 0 Å². The van der Waals surface area contributed by atoms with Gasteiger partial charge >= 0.3 is 0 Å². The predicted molar refractivity (Wildman–Crippen MR) is 105 cm³/mol. The quantitative estimate of drug-likeness (QED) is 0.519. The number of hydrogen-bond donors (Lipinski definition) is 1. The molecular formula is C19H21N5O2S. The molecule has 7 nitrogen and oxygen atoms in total. The Hall–Kier alpha value is -2.74. The monoisotopic (exact) mass is 383 g/mol. The summed E-state index contributed by atoms with van der Waals surface area (Å²) < 4.78 is 1.72. The Bertz CT molecular complexity index is 1030. The molecule has 1 amide bonds. The molecule has 0 saturated carbocycles. The van der Waals surface area contributed by atoms with Crippen LogP contribution in [0.1, 0.15) is 40.7 Å². The molecule has 8 heteroatoms. The molecule has 3 rings (SSSR count). The minimum Gasteiger partial charge on any atom is -0.325 e. The normalized spacial score (nSPS) is 11.0. The van der Waals surface area contributed by atoms with Crippen LogP contribution in [0.15, 0.2) is 29.4 Å². The highest BCUT2D eigenvalue weighted by molar-refractivity contribution is 7.98. The number of hydrogen-bond acceptors (Lipinski definition) is 6. The molecule has 0 atom stereocenters. The first-order valence-corrected chi connectivity index (χ1v) is 9.80. The largest absolute Gasteiger partial charge is 0.325 e. The fraction of sp³-hybridized carbons (Fsp3) is 0.316. The highest BCUT2D eigenvalue weighted by Crippen LogP contribution is 2.19. The molecule has 0 spiro atoms. The van der Waals surface area contributed by atoms with E-state index in [1.54, 1.807) is 28.8 Å². The Morgan fingerprint density at radius 2 is 1.93 bits per heavy atom. The molecule has 2 heterocycles. The van der Waals surface area contributed by atoms with Crippen molar-refractivity contribution in [2.45, 2.75) is 38.8 Å². The molecule has 0 radical (unpaired) electrons. The van der Waals surface area contributed by atoms with Crippen molar-refractivity contribution in [3.05, 3.63) is 46.8 Å². The maximum absolute atomic E-state index is 12.4. The van der Waals surface area contributed by atoms with Crippen molar-refractivity contribution < 1.29 is 9.59 Å². The number of aromatic nitrogens is 4. The highest BCUT2D eigenvalue weighted by Gasteiger charge is 2.15. The number of nitrogens with zero attached hydrogens (tertiary/aromatic N) is 4. The van der Waals surface area contributed by atoms with Crippen molar-refractivity contribution in [1.82, 2.24) is 19.6 Å². The van der Waals surface area contributed by atoms with Crippen LogP contribution in [-0.2, 0) is 11.2 Å². The second kappa shape index (κ2) is 7.87. The maximum atomic E-state index is 12.4. The molecule has 0 aliphatic rings. The van der Waals surface area contributed by atoms with Gasteiger partial charge in [-0.1, -0.05) is 23.9 Å². The zero-order valence-corrected chi connectivity index (χ0v) is 16.6. The van der Waals surface area contributed by atoms with E-state index < -0.39 is 0 Å². The lowest BCUT2D eigenvalue weighted by atomic mass is 10.1. The molecular weight excluding hydrogens is 362 g/mol. The van der Waals surface area contributed by atoms with Gasteiger partial charge in [0.15, 0.2) is 5.78 Å². The van der Waals surface area contributed by atoms with Crippen LogP contribution in [-0.4, -0.2) is 37.5 Å². The van der Waals surface area contributed by atoms with E-state index in [0.717, 1.165) is 17.0 Å². The van der Waals surface area contributed by atoms with E-state index in [1.165, 1.54) is 18.7 Å². The fourth-order valence-electron chi connectivity index (χ4n) is 2.99. The number of rotatable bonds is 6. The Balaban J connectivity index is 1.77. The standard InChI is InChI=1S/C19H21N5O2S/c1-11-14(12(2)24-18(20-11)22-19(23-24)27-4)9-10-17(26)21-16-8-6-5-7-15(16)13(3)25/h5-8H,9-10H2,1-4H3,(H,21,26). The third kappa shape index (κ3) is 4.00. The molecule has 140 valence electrons. The molecule has 1 N–H and O–H groups in total. The van der Waals surface area contributed by atoms with E-state index in [-0.39, 0.29) is 18.1 Å². The van der Waals surface area contributed by atoms with Crippen LogP contribution < -0.4 is 5.32 Å². The molecule has 0 unspecified atom stereocenters. The van der Waals surface area contributed by atoms with Crippen LogP contribution >= 0.6 is 11.8 Å². The number of nitrogens with one attached hydrogen (secondary N) is 1. The van der Waals surface area contributed by atoms with Gasteiger partial charge in [-0.25, -0.2) is 9.50 Å². The van der Waals surface area contributed by atoms with Gasteiger partial charge in [-0.15, -0.1) is 5.10 Å². The van der Waals surface area contributed by atoms with Gasteiger partial charge in [-0.3, -0.25) is 9.59 Å². The summed E-state index contributed by atoms with van der Waals surface area (Å²) in [6.45, 7) is 5.36. The summed E-state index contributed by atoms with van der Waals surface area (Å²) >= 11 is 1.46. The number of carbonyl (C=O) groups excluding carboxylic acids is 2. The number of amides is 1. The summed E-state index contributed by atoms with van der Waals surface area (Å²) in [4.78, 5) is 33.0. The lowest BCUT2D eigenvalue weighted by Crippen LogP contribution is -2.16. The molecule has 0 bridgehead atoms. The molecule has 2 aromatic heterocycles. The third-order valence-corrected chi connectivity index (χ3v) is 4.93. The summed E-state index contributed by atoms with van der Waals surface area (Å²) in [5.41, 5.74) is 3.81. The van der Waals surface area contributed by atoms with E-state index in [1.807, 2.05) is 20.1 Å². The van der Waals surface area contributed by atoms with Crippen LogP contribution in [0.25, 0.3) is 5.78 Å². The fourth-order valence-corrected chi connectivity index (χ4v) is 3.32. The van der Waals surface area contributed by atoms with Crippen LogP contribution in [0.4, 0.5) is 5.69 Å². The zero-order valence-electron chi connectivity index (χ0n) is 15.7. The summed E-state index contributed by atoms with van der Waals surface area (Å²) in [6.07, 6.45) is 2.73. The van der Waals surface area contributed by atoms with E-state index in [9.17, 15) is 9.59 Å². The molecule has 27 heavy (non-hydrogen) atoms. The molecule has 0 aliphatic carbocycles. The summed E-state index contributed by atoms with van der Waals surface area (Å²) in [6, 6.07) is 7.01. The zero-order chi connectivity index (χ0) is 19.6. The maximum Gasteiger partial charge on any atom is 0.253 e. The van der Waals surface area contributed by atoms with Crippen molar-refractivity contribution in [2.75, 3.05) is 11.6 Å². The number of anilines is 1. The van der Waals surface area contributed by atoms with E-state index in [0.29, 0.717) is 28.6 Å². The third-order valence-electron chi connectivity index (χ3n) is 4.39. The summed E-state index contributed by atoms with van der Waals surface area (Å²) in [5.74, 6) is 0.340. The first kappa shape index (κ1) is 19.0. The Kier molecular flexibility index (Phi) is 5.55. The average Bonchev–Trinajstić information content (AvgIpc) is 3.05. The van der Waals surface area contributed by atoms with Crippen molar-refractivity contribution in [3.8, 4) is 0 Å². The minimum absolute atomic E-state index is 0.0805. The molecule has 3 aromatic rings. The second-order valence-corrected chi connectivity index (χ2v) is 6.99. The Morgan fingerprint density at radius 3 is 2.63 bits per heavy atom. The van der Waals surface area contributed by atoms with Crippen molar-refractivity contribution in [2.24, 2.45) is 0 Å². The molecule has 0 fully saturated rings. The predicted octanol–water partition coefficient (Wildman–Crippen LogP) is 3.24. The summed E-state index contributed by atoms with van der Waals surface area (Å²) in [5, 5.41) is 7.93. The smallest absolute Gasteiger partial charge is 0.253 e. The van der Waals surface area contributed by atoms with E-state index in [2.05, 4.69) is 20.4 Å². The van der Waals surface area contributed by atoms with E-state index >= 15 is 0 Å². The summed E-state index contributed by atoms with van der Waals surface area (Å²) in [7, 11) is 0. The van der Waals surface area contributed by atoms with Gasteiger partial charge in [0, 0.05) is 23.4 Å². The van der Waals surface area contributed by atoms with Crippen LogP contribution in [0.3, 0.4) is 0 Å². The van der Waals surface area contributed by atoms with Gasteiger partial charge in [0.05, 0.1) is 5.69 Å². The number of Topliss-reactive ketones (excluding diaryl/α,β-unsaturated/α-hetero) is 1. The number of thioether (sulfide) groups is 1. The number of ketones is 1. The lowest BCUT2D eigenvalue weighted by Gasteiger charge is -2.11.